The Labute approximate surface area is 102 Å². The van der Waals surface area contributed by atoms with Gasteiger partial charge in [0.15, 0.2) is 0 Å². The van der Waals surface area contributed by atoms with E-state index < -0.39 is 0 Å². The van der Waals surface area contributed by atoms with Gasteiger partial charge in [-0.25, -0.2) is 0 Å². The largest absolute Gasteiger partial charge is 0.316 e. The molecule has 0 aromatic heterocycles. The first-order chi connectivity index (χ1) is 7.15. The Morgan fingerprint density at radius 3 is 2.67 bits per heavy atom. The van der Waals surface area contributed by atoms with Crippen LogP contribution in [0.1, 0.15) is 31.7 Å². The van der Waals surface area contributed by atoms with Gasteiger partial charge in [-0.1, -0.05) is 43.1 Å². The molecule has 0 aliphatic carbocycles. The Morgan fingerprint density at radius 2 is 2.07 bits per heavy atom. The van der Waals surface area contributed by atoms with Crippen LogP contribution in [0.4, 0.5) is 0 Å². The standard InChI is InChI=1S/C12H17Cl2N/c1-3-6-15-8-9(2)11-5-4-10(13)7-12(11)14/h4-5,7,9,15H,3,6,8H2,1-2H3. The zero-order chi connectivity index (χ0) is 11.3. The van der Waals surface area contributed by atoms with E-state index in [1.165, 1.54) is 0 Å². The molecule has 0 amide bonds. The first kappa shape index (κ1) is 12.8. The summed E-state index contributed by atoms with van der Waals surface area (Å²) in [6.07, 6.45) is 1.15. The fourth-order valence-electron chi connectivity index (χ4n) is 1.51. The molecule has 15 heavy (non-hydrogen) atoms. The van der Waals surface area contributed by atoms with E-state index in [2.05, 4.69) is 19.2 Å². The maximum absolute atomic E-state index is 6.12. The van der Waals surface area contributed by atoms with Gasteiger partial charge in [0.1, 0.15) is 0 Å². The zero-order valence-electron chi connectivity index (χ0n) is 9.19. The van der Waals surface area contributed by atoms with E-state index >= 15 is 0 Å². The van der Waals surface area contributed by atoms with E-state index in [1.54, 1.807) is 6.07 Å². The van der Waals surface area contributed by atoms with E-state index in [0.717, 1.165) is 30.1 Å². The highest BCUT2D eigenvalue weighted by atomic mass is 35.5. The lowest BCUT2D eigenvalue weighted by Crippen LogP contribution is -2.20. The third-order valence-corrected chi connectivity index (χ3v) is 2.93. The molecule has 0 saturated heterocycles. The van der Waals surface area contributed by atoms with Gasteiger partial charge in [0.2, 0.25) is 0 Å². The fraction of sp³-hybridized carbons (Fsp3) is 0.500. The minimum atomic E-state index is 0.418. The molecule has 0 aliphatic heterocycles. The van der Waals surface area contributed by atoms with E-state index in [1.807, 2.05) is 12.1 Å². The predicted octanol–water partition coefficient (Wildman–Crippen LogP) is 4.10. The summed E-state index contributed by atoms with van der Waals surface area (Å²) < 4.78 is 0. The molecule has 1 atom stereocenters. The van der Waals surface area contributed by atoms with Crippen LogP contribution >= 0.6 is 23.2 Å². The van der Waals surface area contributed by atoms with Crippen LogP contribution in [0.3, 0.4) is 0 Å². The summed E-state index contributed by atoms with van der Waals surface area (Å²) in [6, 6.07) is 5.69. The van der Waals surface area contributed by atoms with Crippen LogP contribution in [0.2, 0.25) is 10.0 Å². The molecule has 1 rings (SSSR count). The number of rotatable bonds is 5. The second-order valence-electron chi connectivity index (χ2n) is 3.77. The van der Waals surface area contributed by atoms with Crippen molar-refractivity contribution >= 4 is 23.2 Å². The Kier molecular flexibility index (Phi) is 5.44. The molecule has 0 bridgehead atoms. The summed E-state index contributed by atoms with van der Waals surface area (Å²) in [7, 11) is 0. The van der Waals surface area contributed by atoms with Crippen LogP contribution in [-0.4, -0.2) is 13.1 Å². The van der Waals surface area contributed by atoms with Gasteiger partial charge in [-0.2, -0.15) is 0 Å². The topological polar surface area (TPSA) is 12.0 Å². The Bertz CT molecular complexity index is 312. The number of hydrogen-bond acceptors (Lipinski definition) is 1. The number of benzene rings is 1. The van der Waals surface area contributed by atoms with E-state index in [-0.39, 0.29) is 0 Å². The fourth-order valence-corrected chi connectivity index (χ4v) is 2.10. The predicted molar refractivity (Wildman–Crippen MR) is 68.0 cm³/mol. The van der Waals surface area contributed by atoms with Crippen molar-refractivity contribution in [2.24, 2.45) is 0 Å². The molecule has 0 spiro atoms. The van der Waals surface area contributed by atoms with Crippen molar-refractivity contribution in [2.45, 2.75) is 26.2 Å². The van der Waals surface area contributed by atoms with Crippen molar-refractivity contribution in [3.8, 4) is 0 Å². The van der Waals surface area contributed by atoms with Crippen LogP contribution in [0, 0.1) is 0 Å². The van der Waals surface area contributed by atoms with Crippen molar-refractivity contribution in [3.63, 3.8) is 0 Å². The molecule has 1 aromatic rings. The summed E-state index contributed by atoms with van der Waals surface area (Å²) in [5.74, 6) is 0.418. The number of halogens is 2. The average Bonchev–Trinajstić information content (AvgIpc) is 2.17. The minimum absolute atomic E-state index is 0.418. The monoisotopic (exact) mass is 245 g/mol. The maximum Gasteiger partial charge on any atom is 0.0456 e. The zero-order valence-corrected chi connectivity index (χ0v) is 10.7. The highest BCUT2D eigenvalue weighted by Crippen LogP contribution is 2.26. The van der Waals surface area contributed by atoms with Crippen molar-refractivity contribution in [1.29, 1.82) is 0 Å². The Morgan fingerprint density at radius 1 is 1.33 bits per heavy atom. The minimum Gasteiger partial charge on any atom is -0.316 e. The van der Waals surface area contributed by atoms with Crippen LogP contribution in [0.25, 0.3) is 0 Å². The van der Waals surface area contributed by atoms with Crippen molar-refractivity contribution in [2.75, 3.05) is 13.1 Å². The van der Waals surface area contributed by atoms with Gasteiger partial charge in [0, 0.05) is 16.6 Å². The summed E-state index contributed by atoms with van der Waals surface area (Å²) in [6.45, 7) is 6.33. The lowest BCUT2D eigenvalue weighted by Gasteiger charge is -2.14. The summed E-state index contributed by atoms with van der Waals surface area (Å²) in [4.78, 5) is 0. The maximum atomic E-state index is 6.12. The van der Waals surface area contributed by atoms with Gasteiger partial charge in [0.25, 0.3) is 0 Å². The summed E-state index contributed by atoms with van der Waals surface area (Å²) in [5.41, 5.74) is 1.16. The van der Waals surface area contributed by atoms with Gasteiger partial charge in [-0.3, -0.25) is 0 Å². The Balaban J connectivity index is 2.61. The van der Waals surface area contributed by atoms with Crippen molar-refractivity contribution in [3.05, 3.63) is 33.8 Å². The van der Waals surface area contributed by atoms with Gasteiger partial charge in [0.05, 0.1) is 0 Å². The lowest BCUT2D eigenvalue weighted by atomic mass is 10.0. The second kappa shape index (κ2) is 6.37. The molecule has 0 radical (unpaired) electrons. The molecule has 0 saturated carbocycles. The summed E-state index contributed by atoms with van der Waals surface area (Å²) >= 11 is 12.0. The molecule has 1 aromatic carbocycles. The molecular formula is C12H17Cl2N. The smallest absolute Gasteiger partial charge is 0.0456 e. The quantitative estimate of drug-likeness (QED) is 0.771. The summed E-state index contributed by atoms with van der Waals surface area (Å²) in [5, 5.41) is 4.83. The Hall–Kier alpha value is -0.240. The lowest BCUT2D eigenvalue weighted by molar-refractivity contribution is 0.609. The van der Waals surface area contributed by atoms with Gasteiger partial charge in [-0.15, -0.1) is 0 Å². The third kappa shape index (κ3) is 4.02. The van der Waals surface area contributed by atoms with Crippen LogP contribution < -0.4 is 5.32 Å². The van der Waals surface area contributed by atoms with E-state index in [0.29, 0.717) is 10.9 Å². The highest BCUT2D eigenvalue weighted by molar-refractivity contribution is 6.35. The third-order valence-electron chi connectivity index (χ3n) is 2.37. The molecule has 0 heterocycles. The molecule has 1 unspecified atom stereocenters. The molecular weight excluding hydrogens is 229 g/mol. The van der Waals surface area contributed by atoms with Gasteiger partial charge >= 0.3 is 0 Å². The molecule has 84 valence electrons. The number of hydrogen-bond donors (Lipinski definition) is 1. The van der Waals surface area contributed by atoms with Crippen LogP contribution in [0.15, 0.2) is 18.2 Å². The van der Waals surface area contributed by atoms with Crippen molar-refractivity contribution in [1.82, 2.24) is 5.32 Å². The molecule has 0 aliphatic rings. The average molecular weight is 246 g/mol. The van der Waals surface area contributed by atoms with Crippen LogP contribution in [-0.2, 0) is 0 Å². The van der Waals surface area contributed by atoms with Crippen molar-refractivity contribution < 1.29 is 0 Å². The van der Waals surface area contributed by atoms with Gasteiger partial charge < -0.3 is 5.32 Å². The van der Waals surface area contributed by atoms with E-state index in [4.69, 9.17) is 23.2 Å². The normalized spacial score (nSPS) is 12.8. The molecule has 1 N–H and O–H groups in total. The molecule has 1 nitrogen and oxygen atoms in total. The first-order valence-electron chi connectivity index (χ1n) is 5.30. The first-order valence-corrected chi connectivity index (χ1v) is 6.06. The molecule has 0 fully saturated rings. The number of nitrogens with one attached hydrogen (secondary N) is 1. The van der Waals surface area contributed by atoms with Gasteiger partial charge in [-0.05, 0) is 36.6 Å². The van der Waals surface area contributed by atoms with E-state index in [9.17, 15) is 0 Å². The molecule has 3 heteroatoms. The SMILES string of the molecule is CCCNCC(C)c1ccc(Cl)cc1Cl. The van der Waals surface area contributed by atoms with Crippen LogP contribution in [0.5, 0.6) is 0 Å². The second-order valence-corrected chi connectivity index (χ2v) is 4.61. The highest BCUT2D eigenvalue weighted by Gasteiger charge is 2.09.